The number of rotatable bonds is 7. The molecule has 3 unspecified atom stereocenters. The lowest BCUT2D eigenvalue weighted by Crippen LogP contribution is -2.05. The molecule has 1 rings (SSSR count). The van der Waals surface area contributed by atoms with Crippen molar-refractivity contribution in [2.24, 2.45) is 17.8 Å². The van der Waals surface area contributed by atoms with Crippen LogP contribution in [0.4, 0.5) is 0 Å². The van der Waals surface area contributed by atoms with E-state index in [0.717, 1.165) is 18.1 Å². The molecule has 0 radical (unpaired) electrons. The van der Waals surface area contributed by atoms with Crippen molar-refractivity contribution in [1.82, 2.24) is 0 Å². The number of allylic oxidation sites excluding steroid dienone is 5. The van der Waals surface area contributed by atoms with Crippen LogP contribution < -0.4 is 0 Å². The van der Waals surface area contributed by atoms with E-state index < -0.39 is 0 Å². The molecule has 0 amide bonds. The summed E-state index contributed by atoms with van der Waals surface area (Å²) in [4.78, 5) is 0. The Balaban J connectivity index is 2.27. The maximum atomic E-state index is 4.24. The fourth-order valence-corrected chi connectivity index (χ4v) is 2.34. The van der Waals surface area contributed by atoms with Crippen LogP contribution >= 0.6 is 12.6 Å². The molecule has 0 spiro atoms. The second-order valence-corrected chi connectivity index (χ2v) is 5.75. The first-order chi connectivity index (χ1) is 8.74. The zero-order valence-electron chi connectivity index (χ0n) is 11.7. The van der Waals surface area contributed by atoms with Gasteiger partial charge in [-0.3, -0.25) is 0 Å². The van der Waals surface area contributed by atoms with Crippen molar-refractivity contribution in [2.75, 3.05) is 5.75 Å². The third-order valence-electron chi connectivity index (χ3n) is 3.50. The van der Waals surface area contributed by atoms with E-state index >= 15 is 0 Å². The first-order valence-corrected chi connectivity index (χ1v) is 7.74. The van der Waals surface area contributed by atoms with Crippen LogP contribution in [0.5, 0.6) is 0 Å². The maximum absolute atomic E-state index is 4.24. The molecule has 0 heterocycles. The van der Waals surface area contributed by atoms with E-state index in [4.69, 9.17) is 0 Å². The first kappa shape index (κ1) is 15.4. The maximum Gasteiger partial charge on any atom is 0.00857 e. The van der Waals surface area contributed by atoms with Gasteiger partial charge in [0.1, 0.15) is 0 Å². The first-order valence-electron chi connectivity index (χ1n) is 7.11. The van der Waals surface area contributed by atoms with Gasteiger partial charge in [-0.15, -0.1) is 5.73 Å². The standard InChI is InChI=1S/C17H26S/c1-15(10-7-8-14-18)9-3-5-12-17-13-6-4-11-16(17)2/h3-4,6,11-13,15-18H,7-10,14H2,1-2H3. The molecule has 0 aromatic carbocycles. The largest absolute Gasteiger partial charge is 0.179 e. The van der Waals surface area contributed by atoms with E-state index in [9.17, 15) is 0 Å². The number of unbranched alkanes of at least 4 members (excludes halogenated alkanes) is 1. The molecule has 0 nitrogen and oxygen atoms in total. The van der Waals surface area contributed by atoms with Crippen LogP contribution in [0.25, 0.3) is 0 Å². The summed E-state index contributed by atoms with van der Waals surface area (Å²) in [5.74, 6) is 2.90. The molecule has 1 aliphatic carbocycles. The summed E-state index contributed by atoms with van der Waals surface area (Å²) in [6.45, 7) is 4.57. The van der Waals surface area contributed by atoms with Gasteiger partial charge in [-0.1, -0.05) is 51.0 Å². The second kappa shape index (κ2) is 9.30. The predicted molar refractivity (Wildman–Crippen MR) is 85.1 cm³/mol. The van der Waals surface area contributed by atoms with Gasteiger partial charge < -0.3 is 0 Å². The normalized spacial score (nSPS) is 23.5. The van der Waals surface area contributed by atoms with Gasteiger partial charge in [-0.25, -0.2) is 0 Å². The van der Waals surface area contributed by atoms with Gasteiger partial charge in [0.2, 0.25) is 0 Å². The highest BCUT2D eigenvalue weighted by Gasteiger charge is 2.09. The lowest BCUT2D eigenvalue weighted by molar-refractivity contribution is 0.513. The van der Waals surface area contributed by atoms with Crippen molar-refractivity contribution in [1.29, 1.82) is 0 Å². The van der Waals surface area contributed by atoms with E-state index in [2.05, 4.69) is 68.7 Å². The summed E-state index contributed by atoms with van der Waals surface area (Å²) in [5.41, 5.74) is 3.36. The number of thiol groups is 1. The van der Waals surface area contributed by atoms with E-state index in [1.165, 1.54) is 19.3 Å². The number of hydrogen-bond donors (Lipinski definition) is 1. The minimum atomic E-state index is 0.519. The minimum Gasteiger partial charge on any atom is -0.179 e. The highest BCUT2D eigenvalue weighted by molar-refractivity contribution is 7.80. The molecule has 0 saturated heterocycles. The third kappa shape index (κ3) is 6.33. The van der Waals surface area contributed by atoms with Crippen molar-refractivity contribution in [3.63, 3.8) is 0 Å². The molecule has 1 aliphatic rings. The SMILES string of the molecule is CC(CC=C=CC1C=CC=CC1C)CCCCS. The Labute approximate surface area is 118 Å². The molecule has 0 aliphatic heterocycles. The summed E-state index contributed by atoms with van der Waals surface area (Å²) >= 11 is 4.24. The zero-order valence-corrected chi connectivity index (χ0v) is 12.6. The molecule has 0 saturated carbocycles. The molecule has 1 heteroatoms. The Kier molecular flexibility index (Phi) is 7.96. The molecule has 0 aromatic rings. The van der Waals surface area contributed by atoms with Crippen molar-refractivity contribution >= 4 is 12.6 Å². The second-order valence-electron chi connectivity index (χ2n) is 5.30. The Morgan fingerprint density at radius 3 is 2.78 bits per heavy atom. The topological polar surface area (TPSA) is 0 Å². The fourth-order valence-electron chi connectivity index (χ4n) is 2.11. The van der Waals surface area contributed by atoms with Crippen LogP contribution in [-0.4, -0.2) is 5.75 Å². The monoisotopic (exact) mass is 262 g/mol. The van der Waals surface area contributed by atoms with Gasteiger partial charge in [0.15, 0.2) is 0 Å². The van der Waals surface area contributed by atoms with Crippen LogP contribution in [0, 0.1) is 17.8 Å². The summed E-state index contributed by atoms with van der Waals surface area (Å²) in [5, 5.41) is 0. The molecule has 18 heavy (non-hydrogen) atoms. The third-order valence-corrected chi connectivity index (χ3v) is 3.81. The fraction of sp³-hybridized carbons (Fsp3) is 0.588. The van der Waals surface area contributed by atoms with E-state index in [1.807, 2.05) is 0 Å². The zero-order chi connectivity index (χ0) is 13.2. The summed E-state index contributed by atoms with van der Waals surface area (Å²) in [7, 11) is 0. The van der Waals surface area contributed by atoms with Gasteiger partial charge >= 0.3 is 0 Å². The van der Waals surface area contributed by atoms with Crippen molar-refractivity contribution in [3.8, 4) is 0 Å². The van der Waals surface area contributed by atoms with E-state index in [0.29, 0.717) is 11.8 Å². The van der Waals surface area contributed by atoms with Gasteiger partial charge in [-0.05, 0) is 42.6 Å². The van der Waals surface area contributed by atoms with Crippen LogP contribution in [0.1, 0.15) is 39.5 Å². The average molecular weight is 262 g/mol. The highest BCUT2D eigenvalue weighted by atomic mass is 32.1. The van der Waals surface area contributed by atoms with Gasteiger partial charge in [0.25, 0.3) is 0 Å². The molecular weight excluding hydrogens is 236 g/mol. The lowest BCUT2D eigenvalue weighted by Gasteiger charge is -2.14. The molecule has 0 fully saturated rings. The predicted octanol–water partition coefficient (Wildman–Crippen LogP) is 5.20. The van der Waals surface area contributed by atoms with Gasteiger partial charge in [0.05, 0.1) is 0 Å². The Morgan fingerprint density at radius 2 is 2.06 bits per heavy atom. The van der Waals surface area contributed by atoms with Crippen molar-refractivity contribution < 1.29 is 0 Å². The lowest BCUT2D eigenvalue weighted by atomic mass is 9.90. The van der Waals surface area contributed by atoms with Crippen molar-refractivity contribution in [3.05, 3.63) is 42.2 Å². The van der Waals surface area contributed by atoms with Crippen LogP contribution in [0.2, 0.25) is 0 Å². The molecular formula is C17H26S. The summed E-state index contributed by atoms with van der Waals surface area (Å²) < 4.78 is 0. The van der Waals surface area contributed by atoms with E-state index in [1.54, 1.807) is 0 Å². The molecule has 0 bridgehead atoms. The smallest absolute Gasteiger partial charge is 0.00857 e. The Bertz CT molecular complexity index is 332. The minimum absolute atomic E-state index is 0.519. The molecule has 100 valence electrons. The average Bonchev–Trinajstić information content (AvgIpc) is 2.37. The van der Waals surface area contributed by atoms with Gasteiger partial charge in [-0.2, -0.15) is 12.6 Å². The van der Waals surface area contributed by atoms with Crippen LogP contribution in [-0.2, 0) is 0 Å². The van der Waals surface area contributed by atoms with E-state index in [-0.39, 0.29) is 0 Å². The Morgan fingerprint density at radius 1 is 1.28 bits per heavy atom. The quantitative estimate of drug-likeness (QED) is 0.364. The molecule has 3 atom stereocenters. The van der Waals surface area contributed by atoms with Crippen LogP contribution in [0.3, 0.4) is 0 Å². The molecule has 0 aromatic heterocycles. The Hall–Kier alpha value is -0.650. The van der Waals surface area contributed by atoms with Crippen LogP contribution in [0.15, 0.2) is 42.2 Å². The molecule has 0 N–H and O–H groups in total. The summed E-state index contributed by atoms with van der Waals surface area (Å²) in [6, 6.07) is 0. The highest BCUT2D eigenvalue weighted by Crippen LogP contribution is 2.19. The van der Waals surface area contributed by atoms with Gasteiger partial charge in [0, 0.05) is 5.92 Å². The van der Waals surface area contributed by atoms with Crippen molar-refractivity contribution in [2.45, 2.75) is 39.5 Å². The number of hydrogen-bond acceptors (Lipinski definition) is 1. The summed E-state index contributed by atoms with van der Waals surface area (Å²) in [6.07, 6.45) is 18.1.